The van der Waals surface area contributed by atoms with E-state index in [4.69, 9.17) is 5.73 Å². The molecule has 0 saturated heterocycles. The van der Waals surface area contributed by atoms with E-state index >= 15 is 0 Å². The van der Waals surface area contributed by atoms with Gasteiger partial charge in [0.05, 0.1) is 5.56 Å². The van der Waals surface area contributed by atoms with Crippen molar-refractivity contribution < 1.29 is 9.59 Å². The number of carbonyl (C=O) groups is 2. The number of nitrogens with zero attached hydrogens (tertiary/aromatic N) is 1. The van der Waals surface area contributed by atoms with E-state index in [0.717, 1.165) is 5.56 Å². The molecule has 0 radical (unpaired) electrons. The number of rotatable bonds is 6. The van der Waals surface area contributed by atoms with Gasteiger partial charge in [0, 0.05) is 31.7 Å². The third-order valence-corrected chi connectivity index (χ3v) is 3.19. The summed E-state index contributed by atoms with van der Waals surface area (Å²) in [7, 11) is 0. The molecule has 3 N–H and O–H groups in total. The van der Waals surface area contributed by atoms with Crippen molar-refractivity contribution in [1.29, 1.82) is 0 Å². The molecule has 0 saturated carbocycles. The monoisotopic (exact) mass is 277 g/mol. The fourth-order valence-corrected chi connectivity index (χ4v) is 1.98. The van der Waals surface area contributed by atoms with Gasteiger partial charge < -0.3 is 16.0 Å². The highest BCUT2D eigenvalue weighted by Crippen LogP contribution is 2.13. The molecule has 2 amide bonds. The fourth-order valence-electron chi connectivity index (χ4n) is 1.98. The van der Waals surface area contributed by atoms with Crippen LogP contribution >= 0.6 is 0 Å². The fraction of sp³-hybridized carbons (Fsp3) is 0.467. The van der Waals surface area contributed by atoms with Crippen LogP contribution < -0.4 is 11.1 Å². The zero-order valence-electron chi connectivity index (χ0n) is 12.4. The first-order valence-corrected chi connectivity index (χ1v) is 6.91. The summed E-state index contributed by atoms with van der Waals surface area (Å²) in [6.07, 6.45) is 0.305. The van der Waals surface area contributed by atoms with E-state index in [1.807, 2.05) is 26.8 Å². The Hall–Kier alpha value is -2.04. The van der Waals surface area contributed by atoms with Gasteiger partial charge in [-0.05, 0) is 32.9 Å². The van der Waals surface area contributed by atoms with E-state index in [9.17, 15) is 9.59 Å². The van der Waals surface area contributed by atoms with Crippen LogP contribution in [0.25, 0.3) is 0 Å². The molecule has 20 heavy (non-hydrogen) atoms. The molecule has 0 spiro atoms. The van der Waals surface area contributed by atoms with E-state index in [-0.39, 0.29) is 11.8 Å². The van der Waals surface area contributed by atoms with E-state index in [1.54, 1.807) is 17.0 Å². The molecule has 0 aliphatic heterocycles. The third-order valence-electron chi connectivity index (χ3n) is 3.19. The first-order chi connectivity index (χ1) is 9.49. The number of hydrogen-bond donors (Lipinski definition) is 2. The summed E-state index contributed by atoms with van der Waals surface area (Å²) in [5, 5.41) is 2.73. The van der Waals surface area contributed by atoms with Crippen LogP contribution in [-0.2, 0) is 4.79 Å². The lowest BCUT2D eigenvalue weighted by Gasteiger charge is -2.18. The highest BCUT2D eigenvalue weighted by Gasteiger charge is 2.12. The van der Waals surface area contributed by atoms with Gasteiger partial charge in [-0.1, -0.05) is 11.6 Å². The van der Waals surface area contributed by atoms with Gasteiger partial charge in [-0.2, -0.15) is 0 Å². The zero-order chi connectivity index (χ0) is 15.1. The van der Waals surface area contributed by atoms with Crippen molar-refractivity contribution >= 4 is 17.5 Å². The summed E-state index contributed by atoms with van der Waals surface area (Å²) >= 11 is 0. The molecule has 110 valence electrons. The standard InChI is InChI=1S/C15H23N3O2/c1-4-18(5-2)14(19)8-9-17-15(20)12-10-11(3)6-7-13(12)16/h6-7,10H,4-5,8-9,16H2,1-3H3,(H,17,20). The number of nitrogens with one attached hydrogen (secondary N) is 1. The van der Waals surface area contributed by atoms with Crippen molar-refractivity contribution in [3.8, 4) is 0 Å². The molecule has 0 aliphatic carbocycles. The van der Waals surface area contributed by atoms with Crippen LogP contribution in [0.2, 0.25) is 0 Å². The molecule has 1 aromatic carbocycles. The SMILES string of the molecule is CCN(CC)C(=O)CCNC(=O)c1cc(C)ccc1N. The maximum atomic E-state index is 12.0. The van der Waals surface area contributed by atoms with Gasteiger partial charge >= 0.3 is 0 Å². The summed E-state index contributed by atoms with van der Waals surface area (Å²) in [6, 6.07) is 5.32. The predicted octanol–water partition coefficient (Wildman–Crippen LogP) is 1.57. The maximum Gasteiger partial charge on any atom is 0.253 e. The van der Waals surface area contributed by atoms with Crippen LogP contribution in [0, 0.1) is 6.92 Å². The molecule has 0 atom stereocenters. The van der Waals surface area contributed by atoms with Crippen LogP contribution in [0.5, 0.6) is 0 Å². The maximum absolute atomic E-state index is 12.0. The normalized spacial score (nSPS) is 10.2. The van der Waals surface area contributed by atoms with Gasteiger partial charge in [0.25, 0.3) is 5.91 Å². The number of benzene rings is 1. The average Bonchev–Trinajstić information content (AvgIpc) is 2.42. The second kappa shape index (κ2) is 7.53. The van der Waals surface area contributed by atoms with E-state index in [1.165, 1.54) is 0 Å². The summed E-state index contributed by atoms with van der Waals surface area (Å²) in [5.41, 5.74) is 7.66. The summed E-state index contributed by atoms with van der Waals surface area (Å²) in [6.45, 7) is 7.48. The van der Waals surface area contributed by atoms with Gasteiger partial charge in [-0.15, -0.1) is 0 Å². The van der Waals surface area contributed by atoms with E-state index in [2.05, 4.69) is 5.32 Å². The molecular weight excluding hydrogens is 254 g/mol. The van der Waals surface area contributed by atoms with Crippen LogP contribution in [0.1, 0.15) is 36.2 Å². The van der Waals surface area contributed by atoms with Gasteiger partial charge in [0.1, 0.15) is 0 Å². The zero-order valence-corrected chi connectivity index (χ0v) is 12.4. The molecule has 0 heterocycles. The molecule has 0 bridgehead atoms. The summed E-state index contributed by atoms with van der Waals surface area (Å²) in [4.78, 5) is 25.5. The number of aryl methyl sites for hydroxylation is 1. The van der Waals surface area contributed by atoms with Crippen LogP contribution in [0.3, 0.4) is 0 Å². The highest BCUT2D eigenvalue weighted by atomic mass is 16.2. The van der Waals surface area contributed by atoms with Crippen molar-refractivity contribution in [2.45, 2.75) is 27.2 Å². The first-order valence-electron chi connectivity index (χ1n) is 6.91. The second-order valence-corrected chi connectivity index (χ2v) is 4.66. The lowest BCUT2D eigenvalue weighted by molar-refractivity contribution is -0.130. The molecule has 5 nitrogen and oxygen atoms in total. The molecule has 1 aromatic rings. The Balaban J connectivity index is 2.52. The van der Waals surface area contributed by atoms with Crippen molar-refractivity contribution in [3.05, 3.63) is 29.3 Å². The van der Waals surface area contributed by atoms with Gasteiger partial charge in [-0.25, -0.2) is 0 Å². The lowest BCUT2D eigenvalue weighted by atomic mass is 10.1. The number of nitrogen functional groups attached to an aromatic ring is 1. The quantitative estimate of drug-likeness (QED) is 0.775. The number of hydrogen-bond acceptors (Lipinski definition) is 3. The average molecular weight is 277 g/mol. The summed E-state index contributed by atoms with van der Waals surface area (Å²) < 4.78 is 0. The Morgan fingerprint density at radius 3 is 2.50 bits per heavy atom. The second-order valence-electron chi connectivity index (χ2n) is 4.66. The Bertz CT molecular complexity index is 482. The molecule has 0 unspecified atom stereocenters. The Morgan fingerprint density at radius 2 is 1.90 bits per heavy atom. The summed E-state index contributed by atoms with van der Waals surface area (Å²) in [5.74, 6) is -0.189. The number of nitrogens with two attached hydrogens (primary N) is 1. The van der Waals surface area contributed by atoms with Crippen LogP contribution in [0.4, 0.5) is 5.69 Å². The third kappa shape index (κ3) is 4.26. The molecular formula is C15H23N3O2. The minimum absolute atomic E-state index is 0.0486. The van der Waals surface area contributed by atoms with Gasteiger partial charge in [0.2, 0.25) is 5.91 Å². The number of carbonyl (C=O) groups excluding carboxylic acids is 2. The van der Waals surface area contributed by atoms with Crippen molar-refractivity contribution in [3.63, 3.8) is 0 Å². The molecule has 0 aliphatic rings. The molecule has 0 fully saturated rings. The Labute approximate surface area is 120 Å². The molecule has 0 aromatic heterocycles. The van der Waals surface area contributed by atoms with Crippen LogP contribution in [-0.4, -0.2) is 36.3 Å². The number of amides is 2. The van der Waals surface area contributed by atoms with Crippen molar-refractivity contribution in [1.82, 2.24) is 10.2 Å². The number of anilines is 1. The van der Waals surface area contributed by atoms with Crippen molar-refractivity contribution in [2.24, 2.45) is 0 Å². The first kappa shape index (κ1) is 16.0. The Kier molecular flexibility index (Phi) is 6.03. The van der Waals surface area contributed by atoms with E-state index < -0.39 is 0 Å². The van der Waals surface area contributed by atoms with Crippen LogP contribution in [0.15, 0.2) is 18.2 Å². The predicted molar refractivity (Wildman–Crippen MR) is 80.5 cm³/mol. The topological polar surface area (TPSA) is 75.4 Å². The van der Waals surface area contributed by atoms with E-state index in [0.29, 0.717) is 37.3 Å². The smallest absolute Gasteiger partial charge is 0.253 e. The largest absolute Gasteiger partial charge is 0.398 e. The highest BCUT2D eigenvalue weighted by molar-refractivity contribution is 5.99. The van der Waals surface area contributed by atoms with Crippen molar-refractivity contribution in [2.75, 3.05) is 25.4 Å². The van der Waals surface area contributed by atoms with Gasteiger partial charge in [-0.3, -0.25) is 9.59 Å². The Morgan fingerprint density at radius 1 is 1.25 bits per heavy atom. The molecule has 5 heteroatoms. The molecule has 1 rings (SSSR count). The van der Waals surface area contributed by atoms with Gasteiger partial charge in [0.15, 0.2) is 0 Å². The minimum atomic E-state index is -0.237. The lowest BCUT2D eigenvalue weighted by Crippen LogP contribution is -2.34. The minimum Gasteiger partial charge on any atom is -0.398 e.